The molecule has 1 aromatic heterocycles. The molecule has 1 rings (SSSR count). The first-order valence-electron chi connectivity index (χ1n) is 2.31. The lowest BCUT2D eigenvalue weighted by Crippen LogP contribution is -1.69. The second-order valence-electron chi connectivity index (χ2n) is 1.61. The van der Waals surface area contributed by atoms with Gasteiger partial charge >= 0.3 is 0 Å². The van der Waals surface area contributed by atoms with Gasteiger partial charge in [0.2, 0.25) is 5.09 Å². The second-order valence-corrected chi connectivity index (χ2v) is 1.98. The SMILES string of the molecule is Cc1nc(C)c([S])o1. The minimum atomic E-state index is 0.502. The molecule has 1 heterocycles. The normalized spacial score (nSPS) is 9.75. The Morgan fingerprint density at radius 2 is 2.12 bits per heavy atom. The number of aromatic nitrogens is 1. The first-order valence-corrected chi connectivity index (χ1v) is 2.72. The molecule has 0 atom stereocenters. The third kappa shape index (κ3) is 0.816. The number of hydrogen-bond donors (Lipinski definition) is 0. The molecule has 43 valence electrons. The van der Waals surface area contributed by atoms with Crippen LogP contribution in [0, 0.1) is 13.8 Å². The molecule has 0 amide bonds. The summed E-state index contributed by atoms with van der Waals surface area (Å²) in [5.74, 6) is 0.646. The monoisotopic (exact) mass is 128 g/mol. The van der Waals surface area contributed by atoms with Crippen LogP contribution in [0.2, 0.25) is 0 Å². The molecule has 0 aliphatic rings. The summed E-state index contributed by atoms with van der Waals surface area (Å²) in [6, 6.07) is 0. The molecule has 0 bridgehead atoms. The van der Waals surface area contributed by atoms with Gasteiger partial charge in [-0.15, -0.1) is 0 Å². The number of nitrogens with zero attached hydrogens (tertiary/aromatic N) is 1. The van der Waals surface area contributed by atoms with E-state index in [1.807, 2.05) is 6.92 Å². The lowest BCUT2D eigenvalue weighted by Gasteiger charge is -1.73. The van der Waals surface area contributed by atoms with Gasteiger partial charge in [0, 0.05) is 6.92 Å². The van der Waals surface area contributed by atoms with Gasteiger partial charge in [-0.05, 0) is 19.6 Å². The highest BCUT2D eigenvalue weighted by atomic mass is 32.1. The van der Waals surface area contributed by atoms with Crippen molar-refractivity contribution in [1.82, 2.24) is 4.98 Å². The maximum absolute atomic E-state index is 4.92. The summed E-state index contributed by atoms with van der Waals surface area (Å²) in [5, 5.41) is 0.502. The summed E-state index contributed by atoms with van der Waals surface area (Å²) >= 11 is 4.74. The van der Waals surface area contributed by atoms with Gasteiger partial charge in [0.1, 0.15) is 0 Å². The summed E-state index contributed by atoms with van der Waals surface area (Å²) in [5.41, 5.74) is 0.803. The molecule has 1 radical (unpaired) electrons. The second kappa shape index (κ2) is 1.74. The van der Waals surface area contributed by atoms with Gasteiger partial charge in [-0.1, -0.05) is 0 Å². The van der Waals surface area contributed by atoms with Gasteiger partial charge < -0.3 is 4.42 Å². The standard InChI is InChI=1S/C5H6NOS/c1-3-5(8)7-4(2)6-3/h1-2H3. The Kier molecular flexibility index (Phi) is 1.21. The highest BCUT2D eigenvalue weighted by Crippen LogP contribution is 2.11. The van der Waals surface area contributed by atoms with Gasteiger partial charge in [0.25, 0.3) is 0 Å². The Morgan fingerprint density at radius 1 is 1.50 bits per heavy atom. The van der Waals surface area contributed by atoms with E-state index in [1.54, 1.807) is 6.92 Å². The zero-order valence-corrected chi connectivity index (χ0v) is 5.58. The van der Waals surface area contributed by atoms with Crippen molar-refractivity contribution in [3.8, 4) is 0 Å². The lowest BCUT2D eigenvalue weighted by molar-refractivity contribution is 0.441. The summed E-state index contributed by atoms with van der Waals surface area (Å²) in [6.07, 6.45) is 0. The Labute approximate surface area is 53.3 Å². The molecule has 0 saturated heterocycles. The van der Waals surface area contributed by atoms with E-state index in [0.29, 0.717) is 11.0 Å². The molecule has 0 N–H and O–H groups in total. The van der Waals surface area contributed by atoms with Gasteiger partial charge in [-0.2, -0.15) is 0 Å². The summed E-state index contributed by atoms with van der Waals surface area (Å²) in [4.78, 5) is 3.94. The van der Waals surface area contributed by atoms with Crippen molar-refractivity contribution in [1.29, 1.82) is 0 Å². The van der Waals surface area contributed by atoms with E-state index in [9.17, 15) is 0 Å². The smallest absolute Gasteiger partial charge is 0.213 e. The molecular weight excluding hydrogens is 122 g/mol. The maximum atomic E-state index is 4.92. The topological polar surface area (TPSA) is 26.0 Å². The fourth-order valence-electron chi connectivity index (χ4n) is 0.513. The molecule has 8 heavy (non-hydrogen) atoms. The predicted octanol–water partition coefficient (Wildman–Crippen LogP) is 1.85. The van der Waals surface area contributed by atoms with Crippen LogP contribution in [-0.2, 0) is 0 Å². The van der Waals surface area contributed by atoms with E-state index >= 15 is 0 Å². The quantitative estimate of drug-likeness (QED) is 0.533. The molecule has 0 aliphatic heterocycles. The van der Waals surface area contributed by atoms with Crippen molar-refractivity contribution < 1.29 is 4.42 Å². The first-order chi connectivity index (χ1) is 3.70. The lowest BCUT2D eigenvalue weighted by atomic mass is 10.6. The fraction of sp³-hybridized carbons (Fsp3) is 0.400. The summed E-state index contributed by atoms with van der Waals surface area (Å²) in [7, 11) is 0. The van der Waals surface area contributed by atoms with Crippen molar-refractivity contribution in [3.63, 3.8) is 0 Å². The van der Waals surface area contributed by atoms with Crippen LogP contribution in [0.3, 0.4) is 0 Å². The fourth-order valence-corrected chi connectivity index (χ4v) is 0.679. The Morgan fingerprint density at radius 3 is 2.25 bits per heavy atom. The average Bonchev–Trinajstić information content (AvgIpc) is 1.85. The van der Waals surface area contributed by atoms with E-state index in [0.717, 1.165) is 5.69 Å². The van der Waals surface area contributed by atoms with Gasteiger partial charge in [-0.25, -0.2) is 4.98 Å². The predicted molar refractivity (Wildman–Crippen MR) is 31.8 cm³/mol. The molecule has 0 aromatic carbocycles. The van der Waals surface area contributed by atoms with E-state index in [-0.39, 0.29) is 0 Å². The number of hydrogen-bond acceptors (Lipinski definition) is 2. The van der Waals surface area contributed by atoms with Crippen LogP contribution in [0.25, 0.3) is 0 Å². The maximum Gasteiger partial charge on any atom is 0.213 e. The molecule has 0 unspecified atom stereocenters. The highest BCUT2D eigenvalue weighted by Gasteiger charge is 1.99. The van der Waals surface area contributed by atoms with Crippen LogP contribution >= 0.6 is 12.6 Å². The summed E-state index contributed by atoms with van der Waals surface area (Å²) in [6.45, 7) is 3.61. The van der Waals surface area contributed by atoms with Gasteiger partial charge in [0.05, 0.1) is 5.69 Å². The Hall–Kier alpha value is -0.570. The van der Waals surface area contributed by atoms with Crippen LogP contribution in [0.1, 0.15) is 11.6 Å². The number of aryl methyl sites for hydroxylation is 2. The van der Waals surface area contributed by atoms with E-state index in [4.69, 9.17) is 17.0 Å². The van der Waals surface area contributed by atoms with Gasteiger partial charge in [0.15, 0.2) is 5.89 Å². The molecule has 1 aromatic rings. The minimum absolute atomic E-state index is 0.502. The molecule has 0 saturated carbocycles. The molecule has 0 aliphatic carbocycles. The van der Waals surface area contributed by atoms with E-state index in [1.165, 1.54) is 0 Å². The molecular formula is C5H6NOS. The third-order valence-electron chi connectivity index (χ3n) is 0.861. The van der Waals surface area contributed by atoms with Crippen LogP contribution in [0.15, 0.2) is 9.51 Å². The summed E-state index contributed by atoms with van der Waals surface area (Å²) < 4.78 is 4.92. The van der Waals surface area contributed by atoms with Crippen molar-refractivity contribution in [2.75, 3.05) is 0 Å². The average molecular weight is 128 g/mol. The minimum Gasteiger partial charge on any atom is -0.430 e. The zero-order valence-electron chi connectivity index (χ0n) is 4.76. The first kappa shape index (κ1) is 5.56. The Bertz CT molecular complexity index is 175. The number of oxazole rings is 1. The van der Waals surface area contributed by atoms with Crippen molar-refractivity contribution in [3.05, 3.63) is 11.6 Å². The molecule has 2 nitrogen and oxygen atoms in total. The van der Waals surface area contributed by atoms with E-state index in [2.05, 4.69) is 4.98 Å². The van der Waals surface area contributed by atoms with Crippen molar-refractivity contribution in [2.24, 2.45) is 0 Å². The molecule has 0 fully saturated rings. The van der Waals surface area contributed by atoms with Crippen LogP contribution < -0.4 is 0 Å². The van der Waals surface area contributed by atoms with Crippen molar-refractivity contribution in [2.45, 2.75) is 18.9 Å². The van der Waals surface area contributed by atoms with Gasteiger partial charge in [-0.3, -0.25) is 0 Å². The number of rotatable bonds is 0. The van der Waals surface area contributed by atoms with E-state index < -0.39 is 0 Å². The molecule has 3 heteroatoms. The third-order valence-corrected chi connectivity index (χ3v) is 1.24. The zero-order chi connectivity index (χ0) is 6.15. The largest absolute Gasteiger partial charge is 0.430 e. The highest BCUT2D eigenvalue weighted by molar-refractivity contribution is 7.80. The molecule has 0 spiro atoms. The van der Waals surface area contributed by atoms with Crippen LogP contribution in [0.4, 0.5) is 0 Å². The van der Waals surface area contributed by atoms with Crippen LogP contribution in [-0.4, -0.2) is 4.98 Å². The van der Waals surface area contributed by atoms with Crippen molar-refractivity contribution >= 4 is 12.6 Å². The Balaban J connectivity index is 3.14. The van der Waals surface area contributed by atoms with Crippen LogP contribution in [0.5, 0.6) is 0 Å².